The molecule has 0 aromatic carbocycles. The van der Waals surface area contributed by atoms with Crippen LogP contribution in [0.5, 0.6) is 0 Å². The van der Waals surface area contributed by atoms with E-state index in [9.17, 15) is 0 Å². The molecule has 11 heavy (non-hydrogen) atoms. The van der Waals surface area contributed by atoms with E-state index in [1.807, 2.05) is 17.1 Å². The third-order valence-corrected chi connectivity index (χ3v) is 1.78. The molecule has 0 rings (SSSR count). The van der Waals surface area contributed by atoms with Crippen molar-refractivity contribution in [3.8, 4) is 0 Å². The van der Waals surface area contributed by atoms with E-state index in [0.29, 0.717) is 0 Å². The fourth-order valence-corrected chi connectivity index (χ4v) is 0.935. The molecule has 0 aromatic rings. The Morgan fingerprint density at radius 2 is 1.64 bits per heavy atom. The molecule has 0 heterocycles. The zero-order valence-electron chi connectivity index (χ0n) is 6.70. The summed E-state index contributed by atoms with van der Waals surface area (Å²) in [4.78, 5) is 2.04. The first kappa shape index (κ1) is 10.5. The molecule has 0 aliphatic rings. The molecule has 0 aliphatic heterocycles. The predicted octanol–water partition coefficient (Wildman–Crippen LogP) is 2.37. The highest BCUT2D eigenvalue weighted by Gasteiger charge is 2.07. The third kappa shape index (κ3) is 4.06. The number of hydrogen-bond donors (Lipinski definition) is 0. The second-order valence-electron chi connectivity index (χ2n) is 2.16. The van der Waals surface area contributed by atoms with Crippen molar-refractivity contribution in [1.29, 1.82) is 0 Å². The van der Waals surface area contributed by atoms with Crippen molar-refractivity contribution in [2.24, 2.45) is 0 Å². The standard InChI is InChI=1S/C9H14NS/c1-4-7-10(8-5-2)9(11)6-3/h4-6,9H,1-3,7-8H2. The second-order valence-corrected chi connectivity index (χ2v) is 2.64. The van der Waals surface area contributed by atoms with Crippen LogP contribution in [0.2, 0.25) is 0 Å². The third-order valence-electron chi connectivity index (χ3n) is 1.29. The Bertz CT molecular complexity index is 132. The summed E-state index contributed by atoms with van der Waals surface area (Å²) in [5, 5.41) is -0.0222. The Morgan fingerprint density at radius 3 is 1.91 bits per heavy atom. The molecule has 0 N–H and O–H groups in total. The zero-order chi connectivity index (χ0) is 8.69. The predicted molar refractivity (Wildman–Crippen MR) is 53.5 cm³/mol. The van der Waals surface area contributed by atoms with E-state index in [0.717, 1.165) is 13.1 Å². The van der Waals surface area contributed by atoms with Gasteiger partial charge in [0.1, 0.15) is 0 Å². The van der Waals surface area contributed by atoms with Gasteiger partial charge in [0, 0.05) is 13.1 Å². The lowest BCUT2D eigenvalue weighted by molar-refractivity contribution is 0.351. The van der Waals surface area contributed by atoms with Crippen LogP contribution in [0.4, 0.5) is 0 Å². The summed E-state index contributed by atoms with van der Waals surface area (Å²) in [6, 6.07) is 0. The van der Waals surface area contributed by atoms with Crippen LogP contribution in [0.15, 0.2) is 38.0 Å². The Labute approximate surface area is 74.5 Å². The van der Waals surface area contributed by atoms with Crippen LogP contribution in [-0.2, 0) is 0 Å². The average Bonchev–Trinajstić information content (AvgIpc) is 2.03. The van der Waals surface area contributed by atoms with Gasteiger partial charge in [-0.15, -0.1) is 19.7 Å². The molecule has 0 bridgehead atoms. The molecular weight excluding hydrogens is 154 g/mol. The van der Waals surface area contributed by atoms with E-state index in [1.54, 1.807) is 6.08 Å². The van der Waals surface area contributed by atoms with Gasteiger partial charge < -0.3 is 0 Å². The topological polar surface area (TPSA) is 3.24 Å². The number of nitrogens with zero attached hydrogens (tertiary/aromatic N) is 1. The average molecular weight is 168 g/mol. The van der Waals surface area contributed by atoms with E-state index in [1.165, 1.54) is 0 Å². The molecule has 61 valence electrons. The van der Waals surface area contributed by atoms with Crippen LogP contribution in [0.1, 0.15) is 0 Å². The summed E-state index contributed by atoms with van der Waals surface area (Å²) in [5.74, 6) is 0. The summed E-state index contributed by atoms with van der Waals surface area (Å²) in [5.41, 5.74) is 0. The highest BCUT2D eigenvalue weighted by Crippen LogP contribution is 2.04. The van der Waals surface area contributed by atoms with Crippen molar-refractivity contribution >= 4 is 12.6 Å². The summed E-state index contributed by atoms with van der Waals surface area (Å²) >= 11 is 5.10. The minimum Gasteiger partial charge on any atom is -0.280 e. The minimum absolute atomic E-state index is 0.0222. The van der Waals surface area contributed by atoms with Gasteiger partial charge in [0.05, 0.1) is 5.37 Å². The van der Waals surface area contributed by atoms with Crippen molar-refractivity contribution in [3.05, 3.63) is 38.0 Å². The fraction of sp³-hybridized carbons (Fsp3) is 0.333. The second kappa shape index (κ2) is 6.25. The lowest BCUT2D eigenvalue weighted by Gasteiger charge is -2.21. The smallest absolute Gasteiger partial charge is 0.0851 e. The van der Waals surface area contributed by atoms with Crippen LogP contribution < -0.4 is 0 Å². The van der Waals surface area contributed by atoms with Crippen molar-refractivity contribution in [2.45, 2.75) is 5.37 Å². The Morgan fingerprint density at radius 1 is 1.18 bits per heavy atom. The molecule has 2 heteroatoms. The SMILES string of the molecule is C=CCN(CC=C)C([S])C=C. The Hall–Kier alpha value is -0.470. The maximum absolute atomic E-state index is 5.10. The fourth-order valence-electron chi connectivity index (χ4n) is 0.763. The molecule has 0 fully saturated rings. The van der Waals surface area contributed by atoms with Gasteiger partial charge in [0.15, 0.2) is 0 Å². The van der Waals surface area contributed by atoms with Gasteiger partial charge in [-0.05, 0) is 0 Å². The van der Waals surface area contributed by atoms with Gasteiger partial charge in [-0.25, -0.2) is 0 Å². The van der Waals surface area contributed by atoms with Crippen molar-refractivity contribution < 1.29 is 0 Å². The van der Waals surface area contributed by atoms with Gasteiger partial charge in [0.25, 0.3) is 0 Å². The summed E-state index contributed by atoms with van der Waals surface area (Å²) in [7, 11) is 0. The van der Waals surface area contributed by atoms with Crippen LogP contribution >= 0.6 is 12.6 Å². The van der Waals surface area contributed by atoms with Crippen molar-refractivity contribution in [3.63, 3.8) is 0 Å². The van der Waals surface area contributed by atoms with E-state index in [-0.39, 0.29) is 5.37 Å². The maximum Gasteiger partial charge on any atom is 0.0851 e. The van der Waals surface area contributed by atoms with Gasteiger partial charge in [-0.3, -0.25) is 4.90 Å². The molecule has 0 amide bonds. The molecule has 1 unspecified atom stereocenters. The first-order valence-electron chi connectivity index (χ1n) is 3.50. The van der Waals surface area contributed by atoms with Gasteiger partial charge in [0.2, 0.25) is 0 Å². The molecule has 0 saturated carbocycles. The molecule has 1 radical (unpaired) electrons. The number of rotatable bonds is 6. The monoisotopic (exact) mass is 168 g/mol. The minimum atomic E-state index is -0.0222. The van der Waals surface area contributed by atoms with E-state index in [2.05, 4.69) is 19.7 Å². The molecule has 0 saturated heterocycles. The summed E-state index contributed by atoms with van der Waals surface area (Å²) in [6.07, 6.45) is 5.39. The van der Waals surface area contributed by atoms with E-state index < -0.39 is 0 Å². The van der Waals surface area contributed by atoms with Crippen LogP contribution in [0, 0.1) is 0 Å². The molecule has 0 aromatic heterocycles. The first-order valence-corrected chi connectivity index (χ1v) is 3.97. The van der Waals surface area contributed by atoms with Crippen LogP contribution in [-0.4, -0.2) is 23.4 Å². The Kier molecular flexibility index (Phi) is 5.99. The lowest BCUT2D eigenvalue weighted by atomic mass is 10.4. The van der Waals surface area contributed by atoms with Crippen LogP contribution in [0.25, 0.3) is 0 Å². The molecular formula is C9H14NS. The molecule has 1 nitrogen and oxygen atoms in total. The van der Waals surface area contributed by atoms with Crippen molar-refractivity contribution in [1.82, 2.24) is 4.90 Å². The van der Waals surface area contributed by atoms with E-state index >= 15 is 0 Å². The molecule has 0 spiro atoms. The lowest BCUT2D eigenvalue weighted by Crippen LogP contribution is -2.30. The van der Waals surface area contributed by atoms with Gasteiger partial charge in [-0.2, -0.15) is 0 Å². The molecule has 1 atom stereocenters. The highest BCUT2D eigenvalue weighted by atomic mass is 32.1. The Balaban J connectivity index is 3.94. The zero-order valence-corrected chi connectivity index (χ0v) is 7.52. The number of hydrogen-bond acceptors (Lipinski definition) is 1. The summed E-state index contributed by atoms with van der Waals surface area (Å²) < 4.78 is 0. The van der Waals surface area contributed by atoms with Gasteiger partial charge in [-0.1, -0.05) is 30.9 Å². The van der Waals surface area contributed by atoms with E-state index in [4.69, 9.17) is 12.6 Å². The van der Waals surface area contributed by atoms with Crippen LogP contribution in [0.3, 0.4) is 0 Å². The first-order chi connectivity index (χ1) is 5.26. The quantitative estimate of drug-likeness (QED) is 0.550. The maximum atomic E-state index is 5.10. The molecule has 0 aliphatic carbocycles. The van der Waals surface area contributed by atoms with Gasteiger partial charge >= 0.3 is 0 Å². The summed E-state index contributed by atoms with van der Waals surface area (Å²) in [6.45, 7) is 12.5. The normalized spacial score (nSPS) is 12.5. The largest absolute Gasteiger partial charge is 0.280 e. The highest BCUT2D eigenvalue weighted by molar-refractivity contribution is 7.81. The van der Waals surface area contributed by atoms with Crippen molar-refractivity contribution in [2.75, 3.05) is 13.1 Å².